The molecule has 0 bridgehead atoms. The van der Waals surface area contributed by atoms with E-state index in [-0.39, 0.29) is 5.54 Å². The van der Waals surface area contributed by atoms with Gasteiger partial charge < -0.3 is 10.2 Å². The molecule has 0 amide bonds. The lowest BCUT2D eigenvalue weighted by molar-refractivity contribution is 0.0656. The van der Waals surface area contributed by atoms with Crippen molar-refractivity contribution in [2.75, 3.05) is 57.3 Å². The molecule has 0 unspecified atom stereocenters. The zero-order valence-electron chi connectivity index (χ0n) is 12.2. The third-order valence-corrected chi connectivity index (χ3v) is 5.95. The van der Waals surface area contributed by atoms with Crippen LogP contribution in [0, 0.1) is 0 Å². The SMILES string of the molecule is CC(C)(CN1CCCS(=O)(=O)CC1)N1CCNCC1. The molecule has 0 spiro atoms. The van der Waals surface area contributed by atoms with Crippen LogP contribution in [0.1, 0.15) is 20.3 Å². The molecule has 0 aromatic heterocycles. The third kappa shape index (κ3) is 4.41. The smallest absolute Gasteiger partial charge is 0.151 e. The fourth-order valence-corrected chi connectivity index (χ4v) is 4.38. The number of hydrogen-bond donors (Lipinski definition) is 1. The van der Waals surface area contributed by atoms with Crippen LogP contribution in [0.25, 0.3) is 0 Å². The molecule has 2 aliphatic heterocycles. The largest absolute Gasteiger partial charge is 0.314 e. The quantitative estimate of drug-likeness (QED) is 0.779. The number of hydrogen-bond acceptors (Lipinski definition) is 5. The van der Waals surface area contributed by atoms with Crippen LogP contribution < -0.4 is 5.32 Å². The highest BCUT2D eigenvalue weighted by Gasteiger charge is 2.31. The van der Waals surface area contributed by atoms with E-state index in [1.54, 1.807) is 0 Å². The first-order valence-electron chi connectivity index (χ1n) is 7.28. The van der Waals surface area contributed by atoms with Gasteiger partial charge in [0.2, 0.25) is 0 Å². The van der Waals surface area contributed by atoms with E-state index in [0.717, 1.165) is 45.7 Å². The van der Waals surface area contributed by atoms with Gasteiger partial charge in [-0.3, -0.25) is 4.90 Å². The molecular weight excluding hydrogens is 262 g/mol. The van der Waals surface area contributed by atoms with Crippen molar-refractivity contribution in [2.24, 2.45) is 0 Å². The molecule has 0 aromatic carbocycles. The summed E-state index contributed by atoms with van der Waals surface area (Å²) in [5, 5.41) is 3.38. The number of sulfone groups is 1. The zero-order chi connectivity index (χ0) is 13.9. The van der Waals surface area contributed by atoms with Gasteiger partial charge in [-0.1, -0.05) is 0 Å². The summed E-state index contributed by atoms with van der Waals surface area (Å²) < 4.78 is 23.3. The molecule has 2 rings (SSSR count). The lowest BCUT2D eigenvalue weighted by atomic mass is 10.0. The highest BCUT2D eigenvalue weighted by Crippen LogP contribution is 2.18. The summed E-state index contributed by atoms with van der Waals surface area (Å²) in [5.41, 5.74) is 0.121. The maximum absolute atomic E-state index is 11.6. The normalized spacial score (nSPS) is 27.1. The summed E-state index contributed by atoms with van der Waals surface area (Å²) in [6, 6.07) is 0. The maximum atomic E-state index is 11.6. The minimum absolute atomic E-state index is 0.121. The Labute approximate surface area is 117 Å². The van der Waals surface area contributed by atoms with Crippen LogP contribution >= 0.6 is 0 Å². The summed E-state index contributed by atoms with van der Waals surface area (Å²) in [6.45, 7) is 11.4. The molecule has 0 radical (unpaired) electrons. The molecule has 5 nitrogen and oxygen atoms in total. The topological polar surface area (TPSA) is 52.7 Å². The first kappa shape index (κ1) is 15.2. The lowest BCUT2D eigenvalue weighted by Crippen LogP contribution is -2.57. The van der Waals surface area contributed by atoms with Crippen LogP contribution in [-0.4, -0.2) is 81.1 Å². The highest BCUT2D eigenvalue weighted by atomic mass is 32.2. The van der Waals surface area contributed by atoms with E-state index in [4.69, 9.17) is 0 Å². The average molecular weight is 289 g/mol. The Balaban J connectivity index is 1.91. The number of piperazine rings is 1. The van der Waals surface area contributed by atoms with Gasteiger partial charge in [-0.15, -0.1) is 0 Å². The van der Waals surface area contributed by atoms with Crippen molar-refractivity contribution in [3.8, 4) is 0 Å². The number of nitrogens with one attached hydrogen (secondary N) is 1. The predicted molar refractivity (Wildman–Crippen MR) is 78.2 cm³/mol. The molecule has 2 heterocycles. The molecule has 1 N–H and O–H groups in total. The van der Waals surface area contributed by atoms with Gasteiger partial charge in [-0.05, 0) is 26.8 Å². The second-order valence-corrected chi connectivity index (χ2v) is 8.63. The van der Waals surface area contributed by atoms with E-state index < -0.39 is 9.84 Å². The summed E-state index contributed by atoms with van der Waals surface area (Å²) in [5.74, 6) is 0.683. The number of rotatable bonds is 3. The molecule has 19 heavy (non-hydrogen) atoms. The molecule has 0 atom stereocenters. The second kappa shape index (κ2) is 6.08. The summed E-state index contributed by atoms with van der Waals surface area (Å²) in [7, 11) is -2.80. The Morgan fingerprint density at radius 1 is 1.05 bits per heavy atom. The van der Waals surface area contributed by atoms with Gasteiger partial charge in [0.1, 0.15) is 0 Å². The Bertz CT molecular complexity index is 389. The van der Waals surface area contributed by atoms with Crippen molar-refractivity contribution in [1.82, 2.24) is 15.1 Å². The first-order chi connectivity index (χ1) is 8.89. The second-order valence-electron chi connectivity index (χ2n) is 6.33. The predicted octanol–water partition coefficient (Wildman–Crippen LogP) is -0.209. The van der Waals surface area contributed by atoms with Gasteiger partial charge >= 0.3 is 0 Å². The van der Waals surface area contributed by atoms with Crippen LogP contribution in [0.4, 0.5) is 0 Å². The highest BCUT2D eigenvalue weighted by molar-refractivity contribution is 7.91. The molecule has 2 saturated heterocycles. The zero-order valence-corrected chi connectivity index (χ0v) is 13.0. The van der Waals surface area contributed by atoms with Crippen LogP contribution in [0.15, 0.2) is 0 Å². The van der Waals surface area contributed by atoms with Crippen molar-refractivity contribution in [3.05, 3.63) is 0 Å². The Hall–Kier alpha value is -0.170. The summed E-state index contributed by atoms with van der Waals surface area (Å²) >= 11 is 0. The van der Waals surface area contributed by atoms with Gasteiger partial charge in [0, 0.05) is 44.8 Å². The Kier molecular flexibility index (Phi) is 4.87. The molecule has 2 aliphatic rings. The molecular formula is C13H27N3O2S. The standard InChI is InChI=1S/C13H27N3O2S/c1-13(2,16-7-4-14-5-8-16)12-15-6-3-10-19(17,18)11-9-15/h14H,3-12H2,1-2H3. The molecule has 0 aliphatic carbocycles. The minimum atomic E-state index is -2.80. The van der Waals surface area contributed by atoms with Crippen molar-refractivity contribution in [3.63, 3.8) is 0 Å². The van der Waals surface area contributed by atoms with Crippen molar-refractivity contribution in [2.45, 2.75) is 25.8 Å². The monoisotopic (exact) mass is 289 g/mol. The Morgan fingerprint density at radius 2 is 1.74 bits per heavy atom. The number of nitrogens with zero attached hydrogens (tertiary/aromatic N) is 2. The molecule has 2 fully saturated rings. The van der Waals surface area contributed by atoms with Crippen molar-refractivity contribution < 1.29 is 8.42 Å². The minimum Gasteiger partial charge on any atom is -0.314 e. The first-order valence-corrected chi connectivity index (χ1v) is 9.10. The summed E-state index contributed by atoms with van der Waals surface area (Å²) in [4.78, 5) is 4.84. The van der Waals surface area contributed by atoms with Crippen LogP contribution in [0.5, 0.6) is 0 Å². The molecule has 6 heteroatoms. The van der Waals surface area contributed by atoms with Crippen LogP contribution in [-0.2, 0) is 9.84 Å². The fourth-order valence-electron chi connectivity index (χ4n) is 3.07. The lowest BCUT2D eigenvalue weighted by Gasteiger charge is -2.43. The van der Waals surface area contributed by atoms with Gasteiger partial charge in [-0.2, -0.15) is 0 Å². The Morgan fingerprint density at radius 3 is 2.42 bits per heavy atom. The fraction of sp³-hybridized carbons (Fsp3) is 1.00. The van der Waals surface area contributed by atoms with Gasteiger partial charge in [-0.25, -0.2) is 8.42 Å². The molecule has 0 aromatic rings. The van der Waals surface area contributed by atoms with Crippen molar-refractivity contribution in [1.29, 1.82) is 0 Å². The van der Waals surface area contributed by atoms with Crippen molar-refractivity contribution >= 4 is 9.84 Å². The average Bonchev–Trinajstić information content (AvgIpc) is 2.52. The van der Waals surface area contributed by atoms with Gasteiger partial charge in [0.05, 0.1) is 11.5 Å². The van der Waals surface area contributed by atoms with E-state index in [1.807, 2.05) is 0 Å². The van der Waals surface area contributed by atoms with E-state index in [0.29, 0.717) is 18.1 Å². The third-order valence-electron chi connectivity index (χ3n) is 4.23. The van der Waals surface area contributed by atoms with Gasteiger partial charge in [0.25, 0.3) is 0 Å². The van der Waals surface area contributed by atoms with Gasteiger partial charge in [0.15, 0.2) is 9.84 Å². The molecule has 112 valence electrons. The van der Waals surface area contributed by atoms with Crippen LogP contribution in [0.2, 0.25) is 0 Å². The van der Waals surface area contributed by atoms with Crippen LogP contribution in [0.3, 0.4) is 0 Å². The van der Waals surface area contributed by atoms with E-state index >= 15 is 0 Å². The van der Waals surface area contributed by atoms with E-state index in [2.05, 4.69) is 29.0 Å². The summed E-state index contributed by atoms with van der Waals surface area (Å²) in [6.07, 6.45) is 0.778. The van der Waals surface area contributed by atoms with E-state index in [1.165, 1.54) is 0 Å². The molecule has 0 saturated carbocycles. The van der Waals surface area contributed by atoms with E-state index in [9.17, 15) is 8.42 Å². The maximum Gasteiger partial charge on any atom is 0.151 e.